The number of para-hydroxylation sites is 1. The Bertz CT molecular complexity index is 928. The highest BCUT2D eigenvalue weighted by Crippen LogP contribution is 2.31. The molecule has 0 amide bonds. The monoisotopic (exact) mass is 380 g/mol. The molecule has 0 unspecified atom stereocenters. The standard InChI is InChI=1S/C16H16N2O7S/c1-24-13-7-5-6-12(10-13)17(11-16(19)25-2)26(22,23)15-9-4-3-8-14(15)18(20)21/h3-10H,11H2,1-2H3. The Balaban J connectivity index is 2.64. The summed E-state index contributed by atoms with van der Waals surface area (Å²) in [4.78, 5) is 21.6. The van der Waals surface area contributed by atoms with E-state index in [2.05, 4.69) is 4.74 Å². The number of carbonyl (C=O) groups is 1. The lowest BCUT2D eigenvalue weighted by atomic mass is 10.3. The summed E-state index contributed by atoms with van der Waals surface area (Å²) < 4.78 is 36.5. The van der Waals surface area contributed by atoms with Crippen LogP contribution in [0.3, 0.4) is 0 Å². The van der Waals surface area contributed by atoms with E-state index >= 15 is 0 Å². The number of nitro benzene ring substituents is 1. The van der Waals surface area contributed by atoms with Gasteiger partial charge in [0.05, 0.1) is 24.8 Å². The van der Waals surface area contributed by atoms with Gasteiger partial charge in [-0.1, -0.05) is 18.2 Å². The molecule has 2 rings (SSSR count). The van der Waals surface area contributed by atoms with Crippen molar-refractivity contribution in [1.82, 2.24) is 0 Å². The average molecular weight is 380 g/mol. The van der Waals surface area contributed by atoms with Crippen molar-refractivity contribution in [3.05, 3.63) is 58.6 Å². The van der Waals surface area contributed by atoms with Crippen molar-refractivity contribution < 1.29 is 27.6 Å². The van der Waals surface area contributed by atoms with Gasteiger partial charge in [0, 0.05) is 12.1 Å². The van der Waals surface area contributed by atoms with E-state index in [1.54, 1.807) is 6.07 Å². The first kappa shape index (κ1) is 19.2. The molecule has 0 aliphatic rings. The number of nitro groups is 1. The predicted octanol–water partition coefficient (Wildman–Crippen LogP) is 1.97. The Labute approximate surface area is 150 Å². The van der Waals surface area contributed by atoms with Crippen molar-refractivity contribution in [3.8, 4) is 5.75 Å². The highest BCUT2D eigenvalue weighted by atomic mass is 32.2. The van der Waals surface area contributed by atoms with Gasteiger partial charge in [0.15, 0.2) is 4.90 Å². The first-order valence-electron chi connectivity index (χ1n) is 7.28. The van der Waals surface area contributed by atoms with E-state index in [1.807, 2.05) is 0 Å². The topological polar surface area (TPSA) is 116 Å². The Kier molecular flexibility index (Phi) is 5.78. The molecule has 2 aromatic rings. The lowest BCUT2D eigenvalue weighted by molar-refractivity contribution is -0.387. The average Bonchev–Trinajstić information content (AvgIpc) is 2.65. The molecular formula is C16H16N2O7S. The Morgan fingerprint density at radius 1 is 1.15 bits per heavy atom. The van der Waals surface area contributed by atoms with Gasteiger partial charge in [-0.05, 0) is 18.2 Å². The van der Waals surface area contributed by atoms with Crippen LogP contribution in [0.4, 0.5) is 11.4 Å². The molecule has 0 aliphatic heterocycles. The van der Waals surface area contributed by atoms with Gasteiger partial charge < -0.3 is 9.47 Å². The molecule has 0 heterocycles. The summed E-state index contributed by atoms with van der Waals surface area (Å²) in [7, 11) is -1.91. The van der Waals surface area contributed by atoms with Crippen molar-refractivity contribution in [2.75, 3.05) is 25.1 Å². The van der Waals surface area contributed by atoms with Crippen LogP contribution in [0.25, 0.3) is 0 Å². The SMILES string of the molecule is COC(=O)CN(c1cccc(OC)c1)S(=O)(=O)c1ccccc1[N+](=O)[O-]. The quantitative estimate of drug-likeness (QED) is 0.409. The number of ether oxygens (including phenoxy) is 2. The largest absolute Gasteiger partial charge is 0.497 e. The number of nitrogens with zero attached hydrogens (tertiary/aromatic N) is 2. The van der Waals surface area contributed by atoms with Crippen molar-refractivity contribution in [3.63, 3.8) is 0 Å². The van der Waals surface area contributed by atoms with E-state index in [0.717, 1.165) is 23.5 Å². The van der Waals surface area contributed by atoms with Crippen molar-refractivity contribution >= 4 is 27.4 Å². The Hall–Kier alpha value is -3.14. The molecule has 0 fully saturated rings. The zero-order valence-electron chi connectivity index (χ0n) is 14.0. The third-order valence-corrected chi connectivity index (χ3v) is 5.29. The fourth-order valence-corrected chi connectivity index (χ4v) is 3.77. The van der Waals surface area contributed by atoms with Crippen molar-refractivity contribution in [1.29, 1.82) is 0 Å². The number of sulfonamides is 1. The van der Waals surface area contributed by atoms with Gasteiger partial charge in [-0.2, -0.15) is 0 Å². The molecule has 2 aromatic carbocycles. The second-order valence-electron chi connectivity index (χ2n) is 5.01. The lowest BCUT2D eigenvalue weighted by Gasteiger charge is -2.23. The van der Waals surface area contributed by atoms with Gasteiger partial charge in [0.25, 0.3) is 15.7 Å². The van der Waals surface area contributed by atoms with Gasteiger partial charge in [-0.3, -0.25) is 19.2 Å². The van der Waals surface area contributed by atoms with Crippen LogP contribution in [0.15, 0.2) is 53.4 Å². The van der Waals surface area contributed by atoms with Gasteiger partial charge in [-0.25, -0.2) is 8.42 Å². The first-order chi connectivity index (χ1) is 12.3. The molecule has 0 aromatic heterocycles. The molecule has 0 radical (unpaired) electrons. The van der Waals surface area contributed by atoms with Crippen LogP contribution in [-0.4, -0.2) is 40.1 Å². The van der Waals surface area contributed by atoms with Crippen LogP contribution in [0.5, 0.6) is 5.75 Å². The maximum Gasteiger partial charge on any atom is 0.326 e. The van der Waals surface area contributed by atoms with Crippen LogP contribution in [0.2, 0.25) is 0 Å². The highest BCUT2D eigenvalue weighted by Gasteiger charge is 2.33. The molecular weight excluding hydrogens is 364 g/mol. The number of rotatable bonds is 7. The fourth-order valence-electron chi connectivity index (χ4n) is 2.21. The molecule has 9 nitrogen and oxygen atoms in total. The van der Waals surface area contributed by atoms with E-state index in [-0.39, 0.29) is 5.69 Å². The molecule has 0 bridgehead atoms. The molecule has 0 atom stereocenters. The number of carbonyl (C=O) groups excluding carboxylic acids is 1. The van der Waals surface area contributed by atoms with Crippen LogP contribution in [-0.2, 0) is 19.6 Å². The maximum absolute atomic E-state index is 13.1. The minimum atomic E-state index is -4.42. The Morgan fingerprint density at radius 2 is 1.85 bits per heavy atom. The normalized spacial score (nSPS) is 10.8. The molecule has 0 N–H and O–H groups in total. The molecule has 0 spiro atoms. The molecule has 0 aliphatic carbocycles. The Morgan fingerprint density at radius 3 is 2.46 bits per heavy atom. The number of esters is 1. The molecule has 10 heteroatoms. The smallest absolute Gasteiger partial charge is 0.326 e. The van der Waals surface area contributed by atoms with Crippen LogP contribution in [0.1, 0.15) is 0 Å². The maximum atomic E-state index is 13.1. The van der Waals surface area contributed by atoms with E-state index < -0.39 is 38.0 Å². The van der Waals surface area contributed by atoms with E-state index in [0.29, 0.717) is 5.75 Å². The van der Waals surface area contributed by atoms with Crippen molar-refractivity contribution in [2.24, 2.45) is 0 Å². The second-order valence-corrected chi connectivity index (χ2v) is 6.84. The van der Waals surface area contributed by atoms with Crippen LogP contribution < -0.4 is 9.04 Å². The number of benzene rings is 2. The van der Waals surface area contributed by atoms with Gasteiger partial charge >= 0.3 is 5.97 Å². The molecule has 0 saturated carbocycles. The number of methoxy groups -OCH3 is 2. The molecule has 0 saturated heterocycles. The lowest BCUT2D eigenvalue weighted by Crippen LogP contribution is -2.36. The van der Waals surface area contributed by atoms with Gasteiger partial charge in [0.1, 0.15) is 12.3 Å². The summed E-state index contributed by atoms with van der Waals surface area (Å²) in [5.74, 6) is -0.467. The van der Waals surface area contributed by atoms with Crippen LogP contribution in [0, 0.1) is 10.1 Å². The summed E-state index contributed by atoms with van der Waals surface area (Å²) in [5.41, 5.74) is -0.488. The highest BCUT2D eigenvalue weighted by molar-refractivity contribution is 7.93. The summed E-state index contributed by atoms with van der Waals surface area (Å²) in [6, 6.07) is 10.9. The second kappa shape index (κ2) is 7.83. The van der Waals surface area contributed by atoms with Gasteiger partial charge in [-0.15, -0.1) is 0 Å². The zero-order chi connectivity index (χ0) is 19.3. The summed E-state index contributed by atoms with van der Waals surface area (Å²) in [6.07, 6.45) is 0. The fraction of sp³-hybridized carbons (Fsp3) is 0.188. The number of hydrogen-bond donors (Lipinski definition) is 0. The number of hydrogen-bond acceptors (Lipinski definition) is 7. The zero-order valence-corrected chi connectivity index (χ0v) is 14.8. The minimum Gasteiger partial charge on any atom is -0.497 e. The van der Waals surface area contributed by atoms with Gasteiger partial charge in [0.2, 0.25) is 0 Å². The third-order valence-electron chi connectivity index (χ3n) is 3.47. The number of anilines is 1. The summed E-state index contributed by atoms with van der Waals surface area (Å²) in [5, 5.41) is 11.2. The van der Waals surface area contributed by atoms with E-state index in [9.17, 15) is 23.3 Å². The molecule has 138 valence electrons. The summed E-state index contributed by atoms with van der Waals surface area (Å²) in [6.45, 7) is -0.655. The van der Waals surface area contributed by atoms with E-state index in [1.165, 1.54) is 37.4 Å². The van der Waals surface area contributed by atoms with Crippen LogP contribution >= 0.6 is 0 Å². The minimum absolute atomic E-state index is 0.105. The third kappa shape index (κ3) is 3.91. The van der Waals surface area contributed by atoms with E-state index in [4.69, 9.17) is 4.74 Å². The summed E-state index contributed by atoms with van der Waals surface area (Å²) >= 11 is 0. The first-order valence-corrected chi connectivity index (χ1v) is 8.72. The van der Waals surface area contributed by atoms with Crippen molar-refractivity contribution in [2.45, 2.75) is 4.90 Å². The predicted molar refractivity (Wildman–Crippen MR) is 92.6 cm³/mol. The molecule has 26 heavy (non-hydrogen) atoms.